The zero-order valence-corrected chi connectivity index (χ0v) is 18.9. The molecule has 2 aromatic carbocycles. The maximum absolute atomic E-state index is 14.0. The number of amides is 3. The monoisotopic (exact) mass is 491 g/mol. The van der Waals surface area contributed by atoms with Crippen molar-refractivity contribution in [1.29, 1.82) is 0 Å². The lowest BCUT2D eigenvalue weighted by molar-refractivity contribution is -0.137. The molecule has 1 aliphatic rings. The molecule has 3 amide bonds. The summed E-state index contributed by atoms with van der Waals surface area (Å²) in [6.07, 6.45) is 1.55. The average Bonchev–Trinajstić information content (AvgIpc) is 3.54. The predicted molar refractivity (Wildman–Crippen MR) is 121 cm³/mol. The molecule has 1 aliphatic carbocycles. The van der Waals surface area contributed by atoms with E-state index in [0.29, 0.717) is 15.9 Å². The zero-order valence-electron chi connectivity index (χ0n) is 17.4. The van der Waals surface area contributed by atoms with Crippen LogP contribution in [0.15, 0.2) is 36.4 Å². The molecule has 0 atom stereocenters. The Morgan fingerprint density at radius 1 is 1.15 bits per heavy atom. The average molecular weight is 492 g/mol. The SMILES string of the molecule is NC(=O)c1nn(CC(=O)N(CC(=O)NCc2cccc(Cl)c2F)C2CC2)c2c(Cl)cccc12. The Labute approximate surface area is 198 Å². The highest BCUT2D eigenvalue weighted by Crippen LogP contribution is 2.29. The summed E-state index contributed by atoms with van der Waals surface area (Å²) >= 11 is 12.1. The van der Waals surface area contributed by atoms with Crippen molar-refractivity contribution in [3.05, 3.63) is 63.5 Å². The molecule has 0 spiro atoms. The first-order valence-corrected chi connectivity index (χ1v) is 11.0. The van der Waals surface area contributed by atoms with Gasteiger partial charge in [-0.2, -0.15) is 5.10 Å². The van der Waals surface area contributed by atoms with Crippen LogP contribution in [0.5, 0.6) is 0 Å². The van der Waals surface area contributed by atoms with E-state index < -0.39 is 17.6 Å². The van der Waals surface area contributed by atoms with Gasteiger partial charge in [0.25, 0.3) is 5.91 Å². The van der Waals surface area contributed by atoms with Gasteiger partial charge >= 0.3 is 0 Å². The molecule has 33 heavy (non-hydrogen) atoms. The smallest absolute Gasteiger partial charge is 0.269 e. The Balaban J connectivity index is 1.48. The maximum atomic E-state index is 14.0. The summed E-state index contributed by atoms with van der Waals surface area (Å²) in [4.78, 5) is 38.8. The second kappa shape index (κ2) is 9.36. The topological polar surface area (TPSA) is 110 Å². The molecule has 1 heterocycles. The number of carbonyl (C=O) groups is 3. The molecule has 0 bridgehead atoms. The first-order chi connectivity index (χ1) is 15.8. The van der Waals surface area contributed by atoms with Gasteiger partial charge < -0.3 is 16.0 Å². The van der Waals surface area contributed by atoms with Gasteiger partial charge in [0, 0.05) is 23.5 Å². The number of nitrogens with two attached hydrogens (primary N) is 1. The van der Waals surface area contributed by atoms with Gasteiger partial charge in [0.2, 0.25) is 11.8 Å². The fourth-order valence-corrected chi connectivity index (χ4v) is 4.07. The van der Waals surface area contributed by atoms with Crippen molar-refractivity contribution >= 4 is 51.8 Å². The molecular formula is C22H20Cl2FN5O3. The van der Waals surface area contributed by atoms with Crippen molar-refractivity contribution < 1.29 is 18.8 Å². The quantitative estimate of drug-likeness (QED) is 0.504. The van der Waals surface area contributed by atoms with Crippen LogP contribution in [-0.2, 0) is 22.7 Å². The van der Waals surface area contributed by atoms with Gasteiger partial charge in [0.15, 0.2) is 5.69 Å². The number of carbonyl (C=O) groups excluding carboxylic acids is 3. The van der Waals surface area contributed by atoms with E-state index >= 15 is 0 Å². The number of hydrogen-bond acceptors (Lipinski definition) is 4. The van der Waals surface area contributed by atoms with E-state index in [1.165, 1.54) is 21.7 Å². The number of nitrogens with one attached hydrogen (secondary N) is 1. The molecule has 172 valence electrons. The van der Waals surface area contributed by atoms with Gasteiger partial charge in [0.05, 0.1) is 22.1 Å². The lowest BCUT2D eigenvalue weighted by atomic mass is 10.2. The third-order valence-electron chi connectivity index (χ3n) is 5.37. The van der Waals surface area contributed by atoms with E-state index in [0.717, 1.165) is 12.8 Å². The third kappa shape index (κ3) is 4.94. The standard InChI is InChI=1S/C22H20Cl2FN5O3/c23-15-5-1-3-12(19(15)25)9-27-17(31)10-29(13-7-8-13)18(32)11-30-21-14(4-2-6-16(21)24)20(28-30)22(26)33/h1-6,13H,7-11H2,(H2,26,33)(H,27,31). The van der Waals surface area contributed by atoms with Gasteiger partial charge in [-0.05, 0) is 25.0 Å². The molecule has 0 unspecified atom stereocenters. The molecule has 1 saturated carbocycles. The van der Waals surface area contributed by atoms with Gasteiger partial charge in [-0.25, -0.2) is 4.39 Å². The molecule has 8 nitrogen and oxygen atoms in total. The van der Waals surface area contributed by atoms with Gasteiger partial charge in [-0.15, -0.1) is 0 Å². The highest BCUT2D eigenvalue weighted by Gasteiger charge is 2.34. The van der Waals surface area contributed by atoms with Crippen LogP contribution in [-0.4, -0.2) is 45.0 Å². The number of rotatable bonds is 8. The highest BCUT2D eigenvalue weighted by atomic mass is 35.5. The number of halogens is 3. The fraction of sp³-hybridized carbons (Fsp3) is 0.273. The van der Waals surface area contributed by atoms with Crippen molar-refractivity contribution in [2.45, 2.75) is 32.0 Å². The predicted octanol–water partition coefficient (Wildman–Crippen LogP) is 2.89. The molecule has 0 aliphatic heterocycles. The lowest BCUT2D eigenvalue weighted by Crippen LogP contribution is -2.43. The molecule has 1 aromatic heterocycles. The summed E-state index contributed by atoms with van der Waals surface area (Å²) < 4.78 is 15.4. The molecular weight excluding hydrogens is 472 g/mol. The molecule has 1 fully saturated rings. The summed E-state index contributed by atoms with van der Waals surface area (Å²) in [5.74, 6) is -2.12. The van der Waals surface area contributed by atoms with Crippen molar-refractivity contribution in [1.82, 2.24) is 20.0 Å². The Morgan fingerprint density at radius 2 is 1.85 bits per heavy atom. The number of aromatic nitrogens is 2. The fourth-order valence-electron chi connectivity index (χ4n) is 3.61. The molecule has 3 aromatic rings. The summed E-state index contributed by atoms with van der Waals surface area (Å²) in [5, 5.41) is 7.54. The van der Waals surface area contributed by atoms with Crippen LogP contribution in [0.25, 0.3) is 10.9 Å². The second-order valence-corrected chi connectivity index (χ2v) is 8.56. The first kappa shape index (κ1) is 23.0. The lowest BCUT2D eigenvalue weighted by Gasteiger charge is -2.22. The Kier molecular flexibility index (Phi) is 6.53. The third-order valence-corrected chi connectivity index (χ3v) is 5.97. The Bertz CT molecular complexity index is 1260. The van der Waals surface area contributed by atoms with E-state index in [2.05, 4.69) is 10.4 Å². The molecule has 0 radical (unpaired) electrons. The van der Waals surface area contributed by atoms with E-state index in [1.807, 2.05) is 0 Å². The summed E-state index contributed by atoms with van der Waals surface area (Å²) in [7, 11) is 0. The number of para-hydroxylation sites is 1. The van der Waals surface area contributed by atoms with Gasteiger partial charge in [-0.3, -0.25) is 19.1 Å². The van der Waals surface area contributed by atoms with Crippen LogP contribution < -0.4 is 11.1 Å². The van der Waals surface area contributed by atoms with Crippen molar-refractivity contribution in [3.8, 4) is 0 Å². The molecule has 3 N–H and O–H groups in total. The van der Waals surface area contributed by atoms with Crippen LogP contribution in [0.4, 0.5) is 4.39 Å². The zero-order chi connectivity index (χ0) is 23.7. The minimum absolute atomic E-state index is 0.0135. The second-order valence-electron chi connectivity index (χ2n) is 7.75. The number of hydrogen-bond donors (Lipinski definition) is 2. The maximum Gasteiger partial charge on any atom is 0.269 e. The van der Waals surface area contributed by atoms with Crippen LogP contribution >= 0.6 is 23.2 Å². The minimum atomic E-state index is -0.736. The van der Waals surface area contributed by atoms with Crippen molar-refractivity contribution in [2.75, 3.05) is 6.54 Å². The molecule has 0 saturated heterocycles. The highest BCUT2D eigenvalue weighted by molar-refractivity contribution is 6.35. The minimum Gasteiger partial charge on any atom is -0.364 e. The normalized spacial score (nSPS) is 13.2. The van der Waals surface area contributed by atoms with Crippen molar-refractivity contribution in [2.24, 2.45) is 5.73 Å². The molecule has 11 heteroatoms. The molecule has 4 rings (SSSR count). The van der Waals surface area contributed by atoms with Gasteiger partial charge in [0.1, 0.15) is 12.4 Å². The summed E-state index contributed by atoms with van der Waals surface area (Å²) in [6.45, 7) is -0.471. The Hall–Kier alpha value is -3.17. The van der Waals surface area contributed by atoms with Gasteiger partial charge in [-0.1, -0.05) is 47.5 Å². The number of primary amides is 1. The van der Waals surface area contributed by atoms with Crippen LogP contribution in [0.3, 0.4) is 0 Å². The number of benzene rings is 2. The van der Waals surface area contributed by atoms with Crippen LogP contribution in [0, 0.1) is 5.82 Å². The van der Waals surface area contributed by atoms with E-state index in [1.54, 1.807) is 24.3 Å². The van der Waals surface area contributed by atoms with Crippen LogP contribution in [0.1, 0.15) is 28.9 Å². The first-order valence-electron chi connectivity index (χ1n) is 10.2. The summed E-state index contributed by atoms with van der Waals surface area (Å²) in [5.41, 5.74) is 6.09. The number of fused-ring (bicyclic) bond motifs is 1. The van der Waals surface area contributed by atoms with Crippen LogP contribution in [0.2, 0.25) is 10.0 Å². The van der Waals surface area contributed by atoms with E-state index in [4.69, 9.17) is 28.9 Å². The van der Waals surface area contributed by atoms with Crippen molar-refractivity contribution in [3.63, 3.8) is 0 Å². The van der Waals surface area contributed by atoms with E-state index in [-0.39, 0.29) is 47.9 Å². The largest absolute Gasteiger partial charge is 0.364 e. The summed E-state index contributed by atoms with van der Waals surface area (Å²) in [6, 6.07) is 9.40. The van der Waals surface area contributed by atoms with E-state index in [9.17, 15) is 18.8 Å². The Morgan fingerprint density at radius 3 is 2.55 bits per heavy atom. The number of nitrogens with zero attached hydrogens (tertiary/aromatic N) is 3.